The maximum atomic E-state index is 9.18. The average molecular weight is 200 g/mol. The predicted octanol–water partition coefficient (Wildman–Crippen LogP) is 0.687. The molecule has 84 valence electrons. The minimum atomic E-state index is 0.221. The minimum Gasteiger partial charge on any atom is -0.395 e. The lowest BCUT2D eigenvalue weighted by Gasteiger charge is -2.25. The molecular weight excluding hydrogens is 176 g/mol. The third-order valence-electron chi connectivity index (χ3n) is 2.59. The summed E-state index contributed by atoms with van der Waals surface area (Å²) in [6.07, 6.45) is 2.79. The quantitative estimate of drug-likeness (QED) is 0.634. The van der Waals surface area contributed by atoms with Gasteiger partial charge in [-0.3, -0.25) is 0 Å². The van der Waals surface area contributed by atoms with Crippen molar-refractivity contribution in [3.63, 3.8) is 0 Å². The zero-order valence-corrected chi connectivity index (χ0v) is 9.66. The van der Waals surface area contributed by atoms with Crippen molar-refractivity contribution in [2.24, 2.45) is 5.92 Å². The molecule has 0 aliphatic heterocycles. The van der Waals surface area contributed by atoms with Crippen molar-refractivity contribution in [1.82, 2.24) is 10.2 Å². The van der Waals surface area contributed by atoms with Crippen LogP contribution in [0, 0.1) is 5.92 Å². The fraction of sp³-hybridized carbons (Fsp3) is 1.00. The summed E-state index contributed by atoms with van der Waals surface area (Å²) in [5, 5.41) is 12.5. The Labute approximate surface area is 87.5 Å². The lowest BCUT2D eigenvalue weighted by Crippen LogP contribution is -2.45. The maximum absolute atomic E-state index is 9.18. The summed E-state index contributed by atoms with van der Waals surface area (Å²) < 4.78 is 0. The van der Waals surface area contributed by atoms with E-state index in [1.807, 2.05) is 0 Å². The van der Waals surface area contributed by atoms with Gasteiger partial charge in [0.2, 0.25) is 0 Å². The molecule has 0 bridgehead atoms. The number of aliphatic hydroxyl groups excluding tert-OH is 1. The molecular formula is C11H24N2O. The lowest BCUT2D eigenvalue weighted by atomic mass is 10.2. The third-order valence-corrected chi connectivity index (χ3v) is 2.59. The Balaban J connectivity index is 2.16. The highest BCUT2D eigenvalue weighted by Gasteiger charge is 2.23. The topological polar surface area (TPSA) is 35.5 Å². The van der Waals surface area contributed by atoms with E-state index in [2.05, 4.69) is 31.1 Å². The number of nitrogens with zero attached hydrogens (tertiary/aromatic N) is 1. The van der Waals surface area contributed by atoms with Gasteiger partial charge in [0.1, 0.15) is 0 Å². The van der Waals surface area contributed by atoms with Crippen molar-refractivity contribution in [2.75, 3.05) is 26.7 Å². The molecule has 3 nitrogen and oxygen atoms in total. The van der Waals surface area contributed by atoms with Gasteiger partial charge in [-0.15, -0.1) is 0 Å². The molecule has 2 N–H and O–H groups in total. The standard InChI is InChI=1S/C11H24N2O/c1-9(2)12-11(8-14)7-13(3)6-10-4-5-10/h9-12,14H,4-8H2,1-3H3. The smallest absolute Gasteiger partial charge is 0.0597 e. The van der Waals surface area contributed by atoms with Crippen molar-refractivity contribution in [1.29, 1.82) is 0 Å². The Kier molecular flexibility index (Phi) is 4.85. The van der Waals surface area contributed by atoms with Gasteiger partial charge in [-0.05, 0) is 25.8 Å². The van der Waals surface area contributed by atoms with E-state index in [0.717, 1.165) is 12.5 Å². The SMILES string of the molecule is CC(C)NC(CO)CN(C)CC1CC1. The molecule has 0 aromatic rings. The van der Waals surface area contributed by atoms with Crippen LogP contribution in [-0.4, -0.2) is 48.8 Å². The van der Waals surface area contributed by atoms with Crippen LogP contribution in [0.5, 0.6) is 0 Å². The molecule has 0 aromatic carbocycles. The number of nitrogens with one attached hydrogen (secondary N) is 1. The van der Waals surface area contributed by atoms with E-state index < -0.39 is 0 Å². The van der Waals surface area contributed by atoms with E-state index in [4.69, 9.17) is 0 Å². The first-order valence-electron chi connectivity index (χ1n) is 5.67. The minimum absolute atomic E-state index is 0.221. The third kappa shape index (κ3) is 4.94. The molecule has 1 saturated carbocycles. The van der Waals surface area contributed by atoms with Gasteiger partial charge in [-0.25, -0.2) is 0 Å². The Bertz CT molecular complexity index is 157. The normalized spacial score (nSPS) is 19.3. The molecule has 14 heavy (non-hydrogen) atoms. The van der Waals surface area contributed by atoms with Crippen LogP contribution in [0.4, 0.5) is 0 Å². The summed E-state index contributed by atoms with van der Waals surface area (Å²) in [5.41, 5.74) is 0. The highest BCUT2D eigenvalue weighted by Crippen LogP contribution is 2.29. The van der Waals surface area contributed by atoms with E-state index in [1.54, 1.807) is 0 Å². The molecule has 0 spiro atoms. The monoisotopic (exact) mass is 200 g/mol. The zero-order valence-electron chi connectivity index (χ0n) is 9.66. The molecule has 0 heterocycles. The van der Waals surface area contributed by atoms with Crippen molar-refractivity contribution >= 4 is 0 Å². The Hall–Kier alpha value is -0.120. The summed E-state index contributed by atoms with van der Waals surface area (Å²) in [4.78, 5) is 2.33. The van der Waals surface area contributed by atoms with E-state index >= 15 is 0 Å². The van der Waals surface area contributed by atoms with Crippen molar-refractivity contribution in [3.05, 3.63) is 0 Å². The second-order valence-electron chi connectivity index (χ2n) is 4.87. The van der Waals surface area contributed by atoms with Gasteiger partial charge in [0.05, 0.1) is 6.61 Å². The van der Waals surface area contributed by atoms with Crippen LogP contribution in [0.2, 0.25) is 0 Å². The molecule has 1 unspecified atom stereocenters. The Morgan fingerprint density at radius 1 is 1.43 bits per heavy atom. The molecule has 1 aliphatic rings. The van der Waals surface area contributed by atoms with Gasteiger partial charge in [0.25, 0.3) is 0 Å². The molecule has 0 amide bonds. The van der Waals surface area contributed by atoms with Gasteiger partial charge in [0, 0.05) is 25.2 Å². The van der Waals surface area contributed by atoms with E-state index in [9.17, 15) is 5.11 Å². The number of likely N-dealkylation sites (N-methyl/N-ethyl adjacent to an activating group) is 1. The average Bonchev–Trinajstić information content (AvgIpc) is 2.86. The second-order valence-corrected chi connectivity index (χ2v) is 4.87. The summed E-state index contributed by atoms with van der Waals surface area (Å²) in [5.74, 6) is 0.929. The first kappa shape index (κ1) is 12.0. The van der Waals surface area contributed by atoms with Gasteiger partial charge in [-0.1, -0.05) is 13.8 Å². The van der Waals surface area contributed by atoms with Crippen LogP contribution in [0.3, 0.4) is 0 Å². The number of hydrogen-bond acceptors (Lipinski definition) is 3. The van der Waals surface area contributed by atoms with E-state index in [-0.39, 0.29) is 12.6 Å². The van der Waals surface area contributed by atoms with Crippen LogP contribution < -0.4 is 5.32 Å². The fourth-order valence-electron chi connectivity index (χ4n) is 1.83. The van der Waals surface area contributed by atoms with Crippen LogP contribution in [0.1, 0.15) is 26.7 Å². The van der Waals surface area contributed by atoms with Crippen LogP contribution in [0.15, 0.2) is 0 Å². The summed E-state index contributed by atoms with van der Waals surface area (Å²) >= 11 is 0. The zero-order chi connectivity index (χ0) is 10.6. The van der Waals surface area contributed by atoms with Crippen molar-refractivity contribution in [3.8, 4) is 0 Å². The number of rotatable bonds is 7. The van der Waals surface area contributed by atoms with Gasteiger partial charge in [-0.2, -0.15) is 0 Å². The summed E-state index contributed by atoms with van der Waals surface area (Å²) in [7, 11) is 2.14. The maximum Gasteiger partial charge on any atom is 0.0597 e. The second kappa shape index (κ2) is 5.69. The van der Waals surface area contributed by atoms with Crippen LogP contribution in [0.25, 0.3) is 0 Å². The number of hydrogen-bond donors (Lipinski definition) is 2. The van der Waals surface area contributed by atoms with Gasteiger partial charge < -0.3 is 15.3 Å². The molecule has 0 aromatic heterocycles. The molecule has 3 heteroatoms. The first-order chi connectivity index (χ1) is 6.61. The van der Waals surface area contributed by atoms with Crippen LogP contribution >= 0.6 is 0 Å². The van der Waals surface area contributed by atoms with Crippen molar-refractivity contribution in [2.45, 2.75) is 38.8 Å². The largest absolute Gasteiger partial charge is 0.395 e. The number of aliphatic hydroxyl groups is 1. The first-order valence-corrected chi connectivity index (χ1v) is 5.67. The van der Waals surface area contributed by atoms with E-state index in [1.165, 1.54) is 19.4 Å². The molecule has 1 fully saturated rings. The van der Waals surface area contributed by atoms with Crippen molar-refractivity contribution < 1.29 is 5.11 Å². The lowest BCUT2D eigenvalue weighted by molar-refractivity contribution is 0.189. The Morgan fingerprint density at radius 3 is 2.50 bits per heavy atom. The van der Waals surface area contributed by atoms with Crippen LogP contribution in [-0.2, 0) is 0 Å². The highest BCUT2D eigenvalue weighted by molar-refractivity contribution is 4.78. The fourth-order valence-corrected chi connectivity index (χ4v) is 1.83. The highest BCUT2D eigenvalue weighted by atomic mass is 16.3. The van der Waals surface area contributed by atoms with E-state index in [0.29, 0.717) is 6.04 Å². The Morgan fingerprint density at radius 2 is 2.07 bits per heavy atom. The summed E-state index contributed by atoms with van der Waals surface area (Å²) in [6.45, 7) is 6.60. The summed E-state index contributed by atoms with van der Waals surface area (Å²) in [6, 6.07) is 0.667. The molecule has 1 atom stereocenters. The molecule has 1 rings (SSSR count). The predicted molar refractivity (Wildman–Crippen MR) is 59.4 cm³/mol. The molecule has 0 saturated heterocycles. The van der Waals surface area contributed by atoms with Gasteiger partial charge in [0.15, 0.2) is 0 Å². The molecule has 0 radical (unpaired) electrons. The molecule has 1 aliphatic carbocycles. The van der Waals surface area contributed by atoms with Gasteiger partial charge >= 0.3 is 0 Å².